The van der Waals surface area contributed by atoms with Crippen LogP contribution >= 0.6 is 0 Å². The number of nitrogens with one attached hydrogen (secondary N) is 1. The van der Waals surface area contributed by atoms with Crippen LogP contribution < -0.4 is 5.32 Å². The van der Waals surface area contributed by atoms with E-state index in [1.807, 2.05) is 22.9 Å². The van der Waals surface area contributed by atoms with Gasteiger partial charge in [-0.3, -0.25) is 9.78 Å². The van der Waals surface area contributed by atoms with Crippen molar-refractivity contribution < 1.29 is 4.79 Å². The summed E-state index contributed by atoms with van der Waals surface area (Å²) >= 11 is 0. The summed E-state index contributed by atoms with van der Waals surface area (Å²) < 4.78 is 1.85. The fraction of sp³-hybridized carbons (Fsp3) is 0.250. The van der Waals surface area contributed by atoms with Crippen LogP contribution in [0.4, 0.5) is 0 Å². The molecule has 0 aromatic carbocycles. The summed E-state index contributed by atoms with van der Waals surface area (Å²) in [5.74, 6) is 0.846. The number of pyridine rings is 1. The van der Waals surface area contributed by atoms with E-state index in [1.54, 1.807) is 25.6 Å². The standard InChI is InChI=1S/C12H14N4O/c1-13-12(17)9-16-7-6-15-11(16)8-10-2-4-14-5-3-10/h2-7H,8-9H2,1H3,(H,13,17). The molecule has 0 unspecified atom stereocenters. The summed E-state index contributed by atoms with van der Waals surface area (Å²) in [5, 5.41) is 2.60. The van der Waals surface area contributed by atoms with E-state index in [-0.39, 0.29) is 5.91 Å². The maximum absolute atomic E-state index is 11.3. The van der Waals surface area contributed by atoms with Crippen LogP contribution in [-0.4, -0.2) is 27.5 Å². The van der Waals surface area contributed by atoms with E-state index < -0.39 is 0 Å². The van der Waals surface area contributed by atoms with Gasteiger partial charge in [0.05, 0.1) is 0 Å². The Bertz CT molecular complexity index is 492. The van der Waals surface area contributed by atoms with Crippen LogP contribution in [0.2, 0.25) is 0 Å². The molecule has 0 aliphatic carbocycles. The van der Waals surface area contributed by atoms with Crippen molar-refractivity contribution in [2.75, 3.05) is 7.05 Å². The predicted octanol–water partition coefficient (Wildman–Crippen LogP) is 0.615. The molecule has 2 rings (SSSR count). The molecular weight excluding hydrogens is 216 g/mol. The topological polar surface area (TPSA) is 59.8 Å². The Balaban J connectivity index is 2.12. The van der Waals surface area contributed by atoms with Crippen LogP contribution in [0.15, 0.2) is 36.9 Å². The van der Waals surface area contributed by atoms with Crippen LogP contribution in [-0.2, 0) is 17.8 Å². The van der Waals surface area contributed by atoms with Crippen LogP contribution in [0.25, 0.3) is 0 Å². The SMILES string of the molecule is CNC(=O)Cn1ccnc1Cc1ccncc1. The summed E-state index contributed by atoms with van der Waals surface area (Å²) in [6.07, 6.45) is 7.72. The van der Waals surface area contributed by atoms with E-state index in [2.05, 4.69) is 15.3 Å². The minimum Gasteiger partial charge on any atom is -0.358 e. The molecule has 17 heavy (non-hydrogen) atoms. The number of carbonyl (C=O) groups excluding carboxylic acids is 1. The molecule has 5 nitrogen and oxygen atoms in total. The lowest BCUT2D eigenvalue weighted by molar-refractivity contribution is -0.121. The third-order valence-corrected chi connectivity index (χ3v) is 2.51. The van der Waals surface area contributed by atoms with Crippen molar-refractivity contribution in [2.45, 2.75) is 13.0 Å². The number of carbonyl (C=O) groups is 1. The molecule has 5 heteroatoms. The fourth-order valence-corrected chi connectivity index (χ4v) is 1.57. The van der Waals surface area contributed by atoms with Gasteiger partial charge in [0, 0.05) is 38.3 Å². The van der Waals surface area contributed by atoms with Gasteiger partial charge in [0.25, 0.3) is 0 Å². The van der Waals surface area contributed by atoms with E-state index >= 15 is 0 Å². The normalized spacial score (nSPS) is 10.2. The number of likely N-dealkylation sites (N-methyl/N-ethyl adjacent to an activating group) is 1. The van der Waals surface area contributed by atoms with E-state index in [0.717, 1.165) is 11.4 Å². The van der Waals surface area contributed by atoms with Crippen molar-refractivity contribution in [3.8, 4) is 0 Å². The maximum atomic E-state index is 11.3. The number of hydrogen-bond donors (Lipinski definition) is 1. The molecule has 2 aromatic heterocycles. The van der Waals surface area contributed by atoms with Crippen LogP contribution in [0.1, 0.15) is 11.4 Å². The second-order valence-corrected chi connectivity index (χ2v) is 3.68. The molecule has 88 valence electrons. The van der Waals surface area contributed by atoms with Gasteiger partial charge in [0.15, 0.2) is 0 Å². The van der Waals surface area contributed by atoms with Gasteiger partial charge < -0.3 is 9.88 Å². The number of aromatic nitrogens is 3. The zero-order valence-corrected chi connectivity index (χ0v) is 9.63. The third kappa shape index (κ3) is 2.90. The highest BCUT2D eigenvalue weighted by atomic mass is 16.1. The molecule has 0 bridgehead atoms. The van der Waals surface area contributed by atoms with Crippen molar-refractivity contribution in [1.82, 2.24) is 19.9 Å². The smallest absolute Gasteiger partial charge is 0.239 e. The first-order valence-electron chi connectivity index (χ1n) is 5.39. The summed E-state index contributed by atoms with van der Waals surface area (Å²) in [7, 11) is 1.63. The molecule has 0 fully saturated rings. The Kier molecular flexibility index (Phi) is 3.49. The summed E-state index contributed by atoms with van der Waals surface area (Å²) in [4.78, 5) is 19.5. The highest BCUT2D eigenvalue weighted by Crippen LogP contribution is 2.06. The lowest BCUT2D eigenvalue weighted by Crippen LogP contribution is -2.24. The van der Waals surface area contributed by atoms with Gasteiger partial charge in [0.1, 0.15) is 12.4 Å². The van der Waals surface area contributed by atoms with Gasteiger partial charge in [-0.05, 0) is 17.7 Å². The average molecular weight is 230 g/mol. The molecule has 1 N–H and O–H groups in total. The molecule has 0 atom stereocenters. The van der Waals surface area contributed by atoms with Crippen molar-refractivity contribution in [2.24, 2.45) is 0 Å². The molecule has 1 amide bonds. The van der Waals surface area contributed by atoms with Crippen molar-refractivity contribution in [3.63, 3.8) is 0 Å². The minimum atomic E-state index is -0.0287. The molecule has 0 aliphatic heterocycles. The van der Waals surface area contributed by atoms with Crippen LogP contribution in [0, 0.1) is 0 Å². The lowest BCUT2D eigenvalue weighted by Gasteiger charge is -2.06. The second kappa shape index (κ2) is 5.25. The highest BCUT2D eigenvalue weighted by Gasteiger charge is 2.06. The van der Waals surface area contributed by atoms with Crippen molar-refractivity contribution >= 4 is 5.91 Å². The van der Waals surface area contributed by atoms with Crippen LogP contribution in [0.3, 0.4) is 0 Å². The summed E-state index contributed by atoms with van der Waals surface area (Å²) in [5.41, 5.74) is 1.13. The molecule has 0 spiro atoms. The predicted molar refractivity (Wildman–Crippen MR) is 63.3 cm³/mol. The largest absolute Gasteiger partial charge is 0.358 e. The van der Waals surface area contributed by atoms with E-state index in [9.17, 15) is 4.79 Å². The highest BCUT2D eigenvalue weighted by molar-refractivity contribution is 5.75. The molecule has 2 heterocycles. The first kappa shape index (κ1) is 11.3. The summed E-state index contributed by atoms with van der Waals surface area (Å²) in [6, 6.07) is 3.89. The quantitative estimate of drug-likeness (QED) is 0.837. The number of nitrogens with zero attached hydrogens (tertiary/aromatic N) is 3. The Morgan fingerprint density at radius 2 is 2.12 bits per heavy atom. The van der Waals surface area contributed by atoms with E-state index in [0.29, 0.717) is 13.0 Å². The Morgan fingerprint density at radius 1 is 1.35 bits per heavy atom. The Hall–Kier alpha value is -2.17. The first-order valence-corrected chi connectivity index (χ1v) is 5.39. The van der Waals surface area contributed by atoms with Gasteiger partial charge in [-0.25, -0.2) is 4.98 Å². The molecule has 0 saturated heterocycles. The fourth-order valence-electron chi connectivity index (χ4n) is 1.57. The molecule has 2 aromatic rings. The maximum Gasteiger partial charge on any atom is 0.239 e. The number of amides is 1. The van der Waals surface area contributed by atoms with Crippen molar-refractivity contribution in [1.29, 1.82) is 0 Å². The van der Waals surface area contributed by atoms with E-state index in [1.165, 1.54) is 0 Å². The average Bonchev–Trinajstić information content (AvgIpc) is 2.78. The lowest BCUT2D eigenvalue weighted by atomic mass is 10.2. The monoisotopic (exact) mass is 230 g/mol. The van der Waals surface area contributed by atoms with Gasteiger partial charge in [-0.15, -0.1) is 0 Å². The Labute approximate surface area is 99.5 Å². The Morgan fingerprint density at radius 3 is 2.82 bits per heavy atom. The number of hydrogen-bond acceptors (Lipinski definition) is 3. The van der Waals surface area contributed by atoms with Gasteiger partial charge in [0.2, 0.25) is 5.91 Å². The number of imidazole rings is 1. The van der Waals surface area contributed by atoms with Gasteiger partial charge >= 0.3 is 0 Å². The number of rotatable bonds is 4. The zero-order valence-electron chi connectivity index (χ0n) is 9.63. The molecule has 0 radical (unpaired) electrons. The van der Waals surface area contributed by atoms with Crippen molar-refractivity contribution in [3.05, 3.63) is 48.3 Å². The van der Waals surface area contributed by atoms with Gasteiger partial charge in [-0.2, -0.15) is 0 Å². The molecule has 0 saturated carbocycles. The van der Waals surface area contributed by atoms with Crippen LogP contribution in [0.5, 0.6) is 0 Å². The van der Waals surface area contributed by atoms with E-state index in [4.69, 9.17) is 0 Å². The molecule has 0 aliphatic rings. The third-order valence-electron chi connectivity index (χ3n) is 2.51. The second-order valence-electron chi connectivity index (χ2n) is 3.68. The zero-order chi connectivity index (χ0) is 12.1. The molecular formula is C12H14N4O. The minimum absolute atomic E-state index is 0.0287. The van der Waals surface area contributed by atoms with Gasteiger partial charge in [-0.1, -0.05) is 0 Å². The summed E-state index contributed by atoms with van der Waals surface area (Å²) in [6.45, 7) is 0.302. The first-order chi connectivity index (χ1) is 8.29.